The minimum absolute atomic E-state index is 0.119. The van der Waals surface area contributed by atoms with Crippen molar-refractivity contribution in [2.45, 2.75) is 19.1 Å². The lowest BCUT2D eigenvalue weighted by atomic mass is 9.99. The van der Waals surface area contributed by atoms with Crippen molar-refractivity contribution >= 4 is 11.9 Å². The number of ether oxygens (including phenoxy) is 1. The van der Waals surface area contributed by atoms with Crippen LogP contribution in [0, 0.1) is 6.92 Å². The minimum atomic E-state index is -4.68. The summed E-state index contributed by atoms with van der Waals surface area (Å²) in [6.45, 7) is 1.52. The summed E-state index contributed by atoms with van der Waals surface area (Å²) in [6, 6.07) is 4.25. The average molecular weight is 341 g/mol. The van der Waals surface area contributed by atoms with Crippen LogP contribution in [-0.2, 0) is 15.7 Å². The number of carbonyl (C=O) groups is 2. The average Bonchev–Trinajstić information content (AvgIpc) is 2.97. The predicted molar refractivity (Wildman–Crippen MR) is 77.1 cm³/mol. The molecule has 1 unspecified atom stereocenters. The van der Waals surface area contributed by atoms with E-state index < -0.39 is 35.2 Å². The summed E-state index contributed by atoms with van der Waals surface area (Å²) in [4.78, 5) is 24.2. The van der Waals surface area contributed by atoms with E-state index >= 15 is 0 Å². The van der Waals surface area contributed by atoms with Crippen LogP contribution in [0.5, 0.6) is 0 Å². The molecule has 2 rings (SSSR count). The molecule has 1 atom stereocenters. The predicted octanol–water partition coefficient (Wildman–Crippen LogP) is 3.25. The lowest BCUT2D eigenvalue weighted by molar-refractivity contribution is -0.144. The number of methoxy groups -OCH3 is 1. The van der Waals surface area contributed by atoms with Crippen LogP contribution in [0.1, 0.15) is 33.3 Å². The summed E-state index contributed by atoms with van der Waals surface area (Å²) < 4.78 is 49.0. The summed E-state index contributed by atoms with van der Waals surface area (Å²) >= 11 is 0. The van der Waals surface area contributed by atoms with Gasteiger partial charge in [0.25, 0.3) is 5.91 Å². The topological polar surface area (TPSA) is 68.5 Å². The quantitative estimate of drug-likeness (QED) is 0.867. The fraction of sp³-hybridized carbons (Fsp3) is 0.250. The Labute approximate surface area is 135 Å². The van der Waals surface area contributed by atoms with Gasteiger partial charge >= 0.3 is 12.1 Å². The van der Waals surface area contributed by atoms with Crippen molar-refractivity contribution in [3.8, 4) is 0 Å². The van der Waals surface area contributed by atoms with Crippen LogP contribution in [0.15, 0.2) is 41.0 Å². The summed E-state index contributed by atoms with van der Waals surface area (Å²) in [6.07, 6.45) is -3.42. The molecule has 1 heterocycles. The monoisotopic (exact) mass is 341 g/mol. The molecule has 0 aliphatic carbocycles. The molecule has 1 amide bonds. The number of rotatable bonds is 4. The zero-order valence-corrected chi connectivity index (χ0v) is 12.8. The molecule has 1 N–H and O–H groups in total. The molecule has 0 saturated heterocycles. The van der Waals surface area contributed by atoms with E-state index in [1.54, 1.807) is 0 Å². The highest BCUT2D eigenvalue weighted by atomic mass is 19.4. The summed E-state index contributed by atoms with van der Waals surface area (Å²) in [5.41, 5.74) is -1.30. The second-order valence-electron chi connectivity index (χ2n) is 4.91. The first-order chi connectivity index (χ1) is 11.3. The van der Waals surface area contributed by atoms with Gasteiger partial charge in [0.1, 0.15) is 5.76 Å². The van der Waals surface area contributed by atoms with Crippen molar-refractivity contribution in [3.05, 3.63) is 59.0 Å². The fourth-order valence-electron chi connectivity index (χ4n) is 2.22. The molecule has 0 aliphatic rings. The lowest BCUT2D eigenvalue weighted by Crippen LogP contribution is -2.36. The largest absolute Gasteiger partial charge is 0.469 e. The zero-order chi connectivity index (χ0) is 17.9. The van der Waals surface area contributed by atoms with Crippen LogP contribution < -0.4 is 5.32 Å². The fourth-order valence-corrected chi connectivity index (χ4v) is 2.22. The Bertz CT molecular complexity index is 752. The minimum Gasteiger partial charge on any atom is -0.469 e. The normalized spacial score (nSPS) is 12.5. The Balaban J connectivity index is 2.43. The highest BCUT2D eigenvalue weighted by molar-refractivity contribution is 5.97. The number of amides is 1. The maximum atomic E-state index is 13.2. The Morgan fingerprint density at radius 3 is 2.42 bits per heavy atom. The maximum Gasteiger partial charge on any atom is 0.416 e. The lowest BCUT2D eigenvalue weighted by Gasteiger charge is -2.20. The van der Waals surface area contributed by atoms with Crippen LogP contribution in [0.3, 0.4) is 0 Å². The molecule has 5 nitrogen and oxygen atoms in total. The van der Waals surface area contributed by atoms with Gasteiger partial charge in [-0.05, 0) is 24.6 Å². The molecule has 0 aliphatic heterocycles. The Hall–Kier alpha value is -2.77. The Morgan fingerprint density at radius 2 is 1.88 bits per heavy atom. The van der Waals surface area contributed by atoms with Crippen molar-refractivity contribution in [1.82, 2.24) is 5.32 Å². The van der Waals surface area contributed by atoms with Crippen molar-refractivity contribution in [2.75, 3.05) is 7.11 Å². The highest BCUT2D eigenvalue weighted by Crippen LogP contribution is 2.35. The van der Waals surface area contributed by atoms with Crippen molar-refractivity contribution < 1.29 is 31.9 Å². The number of benzene rings is 1. The second kappa shape index (κ2) is 6.77. The SMILES string of the molecule is COC(=O)C(NC(=O)c1ccoc1C)c1ccccc1C(F)(F)F. The first-order valence-electron chi connectivity index (χ1n) is 6.84. The van der Waals surface area contributed by atoms with Crippen LogP contribution in [0.25, 0.3) is 0 Å². The second-order valence-corrected chi connectivity index (χ2v) is 4.91. The molecule has 128 valence electrons. The third-order valence-corrected chi connectivity index (χ3v) is 3.39. The number of esters is 1. The number of alkyl halides is 3. The van der Waals surface area contributed by atoms with E-state index in [0.717, 1.165) is 19.2 Å². The van der Waals surface area contributed by atoms with Gasteiger partial charge in [-0.2, -0.15) is 13.2 Å². The molecule has 1 aromatic carbocycles. The van der Waals surface area contributed by atoms with Gasteiger partial charge in [0.15, 0.2) is 6.04 Å². The molecule has 24 heavy (non-hydrogen) atoms. The molecule has 0 saturated carbocycles. The van der Waals surface area contributed by atoms with E-state index in [1.165, 1.54) is 31.4 Å². The summed E-state index contributed by atoms with van der Waals surface area (Å²) in [7, 11) is 1.03. The Kier molecular flexibility index (Phi) is 4.96. The van der Waals surface area contributed by atoms with Gasteiger partial charge in [-0.25, -0.2) is 4.79 Å². The molecule has 2 aromatic rings. The summed E-state index contributed by atoms with van der Waals surface area (Å²) in [5, 5.41) is 2.27. The smallest absolute Gasteiger partial charge is 0.416 e. The number of nitrogens with one attached hydrogen (secondary N) is 1. The van der Waals surface area contributed by atoms with Gasteiger partial charge in [-0.1, -0.05) is 18.2 Å². The number of furan rings is 1. The first kappa shape index (κ1) is 17.6. The number of hydrogen-bond acceptors (Lipinski definition) is 4. The molecule has 1 aromatic heterocycles. The van der Waals surface area contributed by atoms with Gasteiger partial charge in [0, 0.05) is 0 Å². The van der Waals surface area contributed by atoms with E-state index in [4.69, 9.17) is 4.42 Å². The van der Waals surface area contributed by atoms with Crippen molar-refractivity contribution in [2.24, 2.45) is 0 Å². The molecule has 0 bridgehead atoms. The first-order valence-corrected chi connectivity index (χ1v) is 6.84. The van der Waals surface area contributed by atoms with Gasteiger partial charge in [-0.3, -0.25) is 4.79 Å². The molecule has 0 radical (unpaired) electrons. The third-order valence-electron chi connectivity index (χ3n) is 3.39. The van der Waals surface area contributed by atoms with Crippen LogP contribution in [0.4, 0.5) is 13.2 Å². The number of hydrogen-bond donors (Lipinski definition) is 1. The van der Waals surface area contributed by atoms with Gasteiger partial charge in [0.05, 0.1) is 24.5 Å². The van der Waals surface area contributed by atoms with Crippen molar-refractivity contribution in [3.63, 3.8) is 0 Å². The third kappa shape index (κ3) is 3.58. The van der Waals surface area contributed by atoms with Crippen LogP contribution in [-0.4, -0.2) is 19.0 Å². The maximum absolute atomic E-state index is 13.2. The molecule has 0 fully saturated rings. The van der Waals surface area contributed by atoms with E-state index in [-0.39, 0.29) is 11.3 Å². The van der Waals surface area contributed by atoms with Crippen molar-refractivity contribution in [1.29, 1.82) is 0 Å². The van der Waals surface area contributed by atoms with E-state index in [1.807, 2.05) is 0 Å². The molecule has 0 spiro atoms. The highest BCUT2D eigenvalue weighted by Gasteiger charge is 2.37. The zero-order valence-electron chi connectivity index (χ0n) is 12.8. The molecular weight excluding hydrogens is 327 g/mol. The molecule has 8 heteroatoms. The summed E-state index contributed by atoms with van der Waals surface area (Å²) in [5.74, 6) is -1.48. The van der Waals surface area contributed by atoms with Crippen LogP contribution in [0.2, 0.25) is 0 Å². The van der Waals surface area contributed by atoms with Gasteiger partial charge in [0.2, 0.25) is 0 Å². The van der Waals surface area contributed by atoms with E-state index in [2.05, 4.69) is 10.1 Å². The van der Waals surface area contributed by atoms with Gasteiger partial charge < -0.3 is 14.5 Å². The number of halogens is 3. The molecular formula is C16H14F3NO4. The Morgan fingerprint density at radius 1 is 1.21 bits per heavy atom. The standard InChI is InChI=1S/C16H14F3NO4/c1-9-10(7-8-24-9)14(21)20-13(15(22)23-2)11-5-3-4-6-12(11)16(17,18)19/h3-8,13H,1-2H3,(H,20,21). The number of aryl methyl sites for hydroxylation is 1. The van der Waals surface area contributed by atoms with E-state index in [0.29, 0.717) is 0 Å². The van der Waals surface area contributed by atoms with Crippen LogP contribution >= 0.6 is 0 Å². The van der Waals surface area contributed by atoms with E-state index in [9.17, 15) is 22.8 Å². The van der Waals surface area contributed by atoms with Gasteiger partial charge in [-0.15, -0.1) is 0 Å². The number of carbonyl (C=O) groups excluding carboxylic acids is 2.